The zero-order valence-electron chi connectivity index (χ0n) is 19.9. The number of H-pyrrole nitrogens is 1. The summed E-state index contributed by atoms with van der Waals surface area (Å²) >= 11 is 0. The molecule has 0 saturated carbocycles. The second-order valence-electron chi connectivity index (χ2n) is 7.78. The first-order valence-corrected chi connectivity index (χ1v) is 11.0. The predicted octanol–water partition coefficient (Wildman–Crippen LogP) is 4.62. The third-order valence-electron chi connectivity index (χ3n) is 5.75. The Morgan fingerprint density at radius 2 is 1.62 bits per heavy atom. The molecule has 0 spiro atoms. The first-order chi connectivity index (χ1) is 16.5. The Kier molecular flexibility index (Phi) is 8.19. The molecule has 3 N–H and O–H groups in total. The molecule has 0 bridgehead atoms. The van der Waals surface area contributed by atoms with E-state index in [1.54, 1.807) is 18.6 Å². The lowest BCUT2D eigenvalue weighted by Crippen LogP contribution is -2.32. The molecule has 4 rings (SSSR count). The van der Waals surface area contributed by atoms with Crippen molar-refractivity contribution >= 4 is 6.03 Å². The highest BCUT2D eigenvalue weighted by molar-refractivity contribution is 5.75. The van der Waals surface area contributed by atoms with Gasteiger partial charge in [0.1, 0.15) is 0 Å². The number of nitrogens with one attached hydrogen (secondary N) is 3. The van der Waals surface area contributed by atoms with Gasteiger partial charge in [0.25, 0.3) is 0 Å². The van der Waals surface area contributed by atoms with E-state index in [0.29, 0.717) is 6.54 Å². The van der Waals surface area contributed by atoms with E-state index in [0.717, 1.165) is 28.8 Å². The molecule has 2 amide bonds. The average Bonchev–Trinajstić information content (AvgIpc) is 3.37. The van der Waals surface area contributed by atoms with Crippen LogP contribution in [-0.2, 0) is 20.0 Å². The Morgan fingerprint density at radius 3 is 2.15 bits per heavy atom. The Hall–Kier alpha value is -4.38. The molecule has 4 aromatic heterocycles. The van der Waals surface area contributed by atoms with Crippen LogP contribution in [0.15, 0.2) is 61.4 Å². The van der Waals surface area contributed by atoms with E-state index in [4.69, 9.17) is 5.26 Å². The number of carbonyl (C=O) groups is 1. The number of rotatable bonds is 5. The lowest BCUT2D eigenvalue weighted by atomic mass is 10.0. The quantitative estimate of drug-likeness (QED) is 0.301. The fraction of sp³-hybridized carbons (Fsp3) is 0.231. The van der Waals surface area contributed by atoms with Gasteiger partial charge >= 0.3 is 6.03 Å². The normalized spacial score (nSPS) is 10.1. The Balaban J connectivity index is 0.000000196. The number of carbonyl (C=O) groups excluding carboxylic acids is 1. The Bertz CT molecular complexity index is 1270. The molecule has 0 aliphatic heterocycles. The zero-order valence-corrected chi connectivity index (χ0v) is 19.9. The molecule has 0 aliphatic carbocycles. The number of aromatic amines is 1. The van der Waals surface area contributed by atoms with Crippen LogP contribution in [0.4, 0.5) is 4.79 Å². The molecule has 4 heterocycles. The zero-order chi connectivity index (χ0) is 24.5. The third-order valence-corrected chi connectivity index (χ3v) is 5.75. The summed E-state index contributed by atoms with van der Waals surface area (Å²) in [6.07, 6.45) is 13.9. The lowest BCUT2D eigenvalue weighted by Gasteiger charge is -2.04. The number of nitrogens with zero attached hydrogens (tertiary/aromatic N) is 4. The fourth-order valence-corrected chi connectivity index (χ4v) is 3.94. The molecule has 0 radical (unpaired) electrons. The van der Waals surface area contributed by atoms with E-state index < -0.39 is 6.03 Å². The summed E-state index contributed by atoms with van der Waals surface area (Å²) in [7, 11) is 2.11. The topological polar surface area (TPSA) is 111 Å². The molecule has 0 atom stereocenters. The Morgan fingerprint density at radius 1 is 1.03 bits per heavy atom. The fourth-order valence-electron chi connectivity index (χ4n) is 3.94. The predicted molar refractivity (Wildman–Crippen MR) is 133 cm³/mol. The van der Waals surface area contributed by atoms with E-state index in [-0.39, 0.29) is 0 Å². The van der Waals surface area contributed by atoms with Crippen molar-refractivity contribution < 1.29 is 4.79 Å². The van der Waals surface area contributed by atoms with Crippen LogP contribution in [0.1, 0.15) is 29.4 Å². The van der Waals surface area contributed by atoms with Gasteiger partial charge in [-0.05, 0) is 66.8 Å². The molecule has 4 aromatic rings. The summed E-state index contributed by atoms with van der Waals surface area (Å²) in [6.45, 7) is 6.70. The van der Waals surface area contributed by atoms with Crippen LogP contribution in [-0.4, -0.2) is 25.6 Å². The lowest BCUT2D eigenvalue weighted by molar-refractivity contribution is 0.244. The summed E-state index contributed by atoms with van der Waals surface area (Å²) in [6, 6.07) is 7.46. The number of aryl methyl sites for hydroxylation is 1. The molecule has 0 saturated heterocycles. The van der Waals surface area contributed by atoms with E-state index >= 15 is 0 Å². The largest absolute Gasteiger partial charge is 0.363 e. The SMILES string of the molecule is CCc1c(C)c(-c2ccncc2)cn1C.Cc1c(-c2ccncc2)c[nH]c1CNC(=O)NC#N. The van der Waals surface area contributed by atoms with Crippen molar-refractivity contribution in [3.05, 3.63) is 84.0 Å². The summed E-state index contributed by atoms with van der Waals surface area (Å²) in [4.78, 5) is 22.3. The maximum atomic E-state index is 11.1. The van der Waals surface area contributed by atoms with Crippen molar-refractivity contribution in [3.63, 3.8) is 0 Å². The summed E-state index contributed by atoms with van der Waals surface area (Å²) in [5, 5.41) is 12.9. The maximum absolute atomic E-state index is 11.1. The van der Waals surface area contributed by atoms with Crippen molar-refractivity contribution in [2.24, 2.45) is 7.05 Å². The smallest absolute Gasteiger partial charge is 0.328 e. The van der Waals surface area contributed by atoms with Gasteiger partial charge in [0.15, 0.2) is 6.19 Å². The van der Waals surface area contributed by atoms with Crippen LogP contribution in [0.2, 0.25) is 0 Å². The number of aromatic nitrogens is 4. The number of hydrogen-bond acceptors (Lipinski definition) is 4. The van der Waals surface area contributed by atoms with E-state index in [2.05, 4.69) is 64.1 Å². The van der Waals surface area contributed by atoms with E-state index in [1.165, 1.54) is 22.4 Å². The van der Waals surface area contributed by atoms with Crippen LogP contribution < -0.4 is 10.6 Å². The van der Waals surface area contributed by atoms with Crippen LogP contribution >= 0.6 is 0 Å². The maximum Gasteiger partial charge on any atom is 0.328 e. The molecule has 174 valence electrons. The van der Waals surface area contributed by atoms with Crippen molar-refractivity contribution in [1.82, 2.24) is 30.2 Å². The number of pyridine rings is 2. The first-order valence-electron chi connectivity index (χ1n) is 11.0. The molecule has 8 nitrogen and oxygen atoms in total. The highest BCUT2D eigenvalue weighted by Gasteiger charge is 2.10. The van der Waals surface area contributed by atoms with Crippen LogP contribution in [0.3, 0.4) is 0 Å². The number of amides is 2. The van der Waals surface area contributed by atoms with Gasteiger partial charge in [0, 0.05) is 66.7 Å². The van der Waals surface area contributed by atoms with Crippen LogP contribution in [0, 0.1) is 25.3 Å². The minimum Gasteiger partial charge on any atom is -0.363 e. The minimum absolute atomic E-state index is 0.338. The highest BCUT2D eigenvalue weighted by Crippen LogP contribution is 2.27. The molecule has 0 aromatic carbocycles. The van der Waals surface area contributed by atoms with E-state index in [1.807, 2.05) is 43.0 Å². The molecule has 34 heavy (non-hydrogen) atoms. The molecule has 8 heteroatoms. The minimum atomic E-state index is -0.512. The van der Waals surface area contributed by atoms with Gasteiger partial charge in [-0.2, -0.15) is 5.26 Å². The number of nitriles is 1. The van der Waals surface area contributed by atoms with Crippen molar-refractivity contribution in [1.29, 1.82) is 5.26 Å². The van der Waals surface area contributed by atoms with Crippen molar-refractivity contribution in [3.8, 4) is 28.4 Å². The summed E-state index contributed by atoms with van der Waals surface area (Å²) in [5.41, 5.74) is 9.45. The standard InChI is InChI=1S/C13H13N5O.C13H16N2/c1-9-11(10-2-4-15-5-3-10)6-16-12(9)7-17-13(19)18-8-14;1-4-13-10(2)12(9-15(13)3)11-5-7-14-8-6-11/h2-6,16H,7H2,1H3,(H2,17,18,19);5-9H,4H2,1-3H3. The van der Waals surface area contributed by atoms with Crippen LogP contribution in [0.25, 0.3) is 22.3 Å². The molecule has 0 unspecified atom stereocenters. The van der Waals surface area contributed by atoms with Gasteiger partial charge in [-0.1, -0.05) is 6.92 Å². The molecular formula is C26H29N7O. The molecular weight excluding hydrogens is 426 g/mol. The molecule has 0 fully saturated rings. The van der Waals surface area contributed by atoms with Crippen LogP contribution in [0.5, 0.6) is 0 Å². The van der Waals surface area contributed by atoms with Gasteiger partial charge in [0.05, 0.1) is 6.54 Å². The van der Waals surface area contributed by atoms with Gasteiger partial charge < -0.3 is 14.9 Å². The van der Waals surface area contributed by atoms with Crippen molar-refractivity contribution in [2.75, 3.05) is 0 Å². The van der Waals surface area contributed by atoms with Crippen molar-refractivity contribution in [2.45, 2.75) is 33.7 Å². The number of hydrogen-bond donors (Lipinski definition) is 3. The highest BCUT2D eigenvalue weighted by atomic mass is 16.2. The third kappa shape index (κ3) is 5.70. The Labute approximate surface area is 199 Å². The molecule has 0 aliphatic rings. The van der Waals surface area contributed by atoms with E-state index in [9.17, 15) is 4.79 Å². The number of urea groups is 1. The van der Waals surface area contributed by atoms with Gasteiger partial charge in [-0.25, -0.2) is 10.1 Å². The second kappa shape index (κ2) is 11.5. The van der Waals surface area contributed by atoms with Gasteiger partial charge in [-0.3, -0.25) is 9.97 Å². The monoisotopic (exact) mass is 455 g/mol. The average molecular weight is 456 g/mol. The summed E-state index contributed by atoms with van der Waals surface area (Å²) in [5.74, 6) is 0. The van der Waals surface area contributed by atoms with Gasteiger partial charge in [0.2, 0.25) is 0 Å². The first kappa shape index (κ1) is 24.3. The van der Waals surface area contributed by atoms with Gasteiger partial charge in [-0.15, -0.1) is 0 Å². The summed E-state index contributed by atoms with van der Waals surface area (Å²) < 4.78 is 2.21. The second-order valence-corrected chi connectivity index (χ2v) is 7.78.